The molecular weight excluding hydrogens is 340 g/mol. The van der Waals surface area contributed by atoms with Gasteiger partial charge in [-0.2, -0.15) is 5.10 Å². The number of H-pyrrole nitrogens is 2. The van der Waals surface area contributed by atoms with E-state index in [1.54, 1.807) is 11.3 Å². The predicted octanol–water partition coefficient (Wildman–Crippen LogP) is 5.54. The first-order valence-electron chi connectivity index (χ1n) is 9.52. The Balaban J connectivity index is 1.42. The highest BCUT2D eigenvalue weighted by atomic mass is 32.1. The number of aromatic nitrogens is 3. The van der Waals surface area contributed by atoms with Crippen LogP contribution in [0.3, 0.4) is 0 Å². The van der Waals surface area contributed by atoms with Crippen LogP contribution in [0.2, 0.25) is 0 Å². The molecule has 3 aromatic heterocycles. The maximum absolute atomic E-state index is 4.50. The molecule has 0 bridgehead atoms. The summed E-state index contributed by atoms with van der Waals surface area (Å²) in [7, 11) is 2.28. The molecule has 0 unspecified atom stereocenters. The van der Waals surface area contributed by atoms with Gasteiger partial charge in [0.25, 0.3) is 0 Å². The third kappa shape index (κ3) is 2.85. The van der Waals surface area contributed by atoms with E-state index in [1.807, 2.05) is 0 Å². The lowest BCUT2D eigenvalue weighted by atomic mass is 9.94. The second kappa shape index (κ2) is 6.56. The number of benzene rings is 1. The standard InChI is InChI=1S/C21H24N4S/c1-25(16-5-3-2-4-6-16)13-14-7-8-17-15(11-14)12-19(22-17)20-21-18(23-24-20)9-10-26-21/h7-12,16,22H,2-6,13H2,1H3,(H,23,24). The number of nitrogens with one attached hydrogen (secondary N) is 2. The summed E-state index contributed by atoms with van der Waals surface area (Å²) in [6.07, 6.45) is 6.88. The first-order chi connectivity index (χ1) is 12.8. The van der Waals surface area contributed by atoms with Gasteiger partial charge in [-0.3, -0.25) is 10.00 Å². The molecule has 0 atom stereocenters. The summed E-state index contributed by atoms with van der Waals surface area (Å²) in [5.41, 5.74) is 5.79. The smallest absolute Gasteiger partial charge is 0.126 e. The highest BCUT2D eigenvalue weighted by molar-refractivity contribution is 7.17. The van der Waals surface area contributed by atoms with Crippen molar-refractivity contribution in [2.24, 2.45) is 0 Å². The van der Waals surface area contributed by atoms with Crippen molar-refractivity contribution in [2.45, 2.75) is 44.7 Å². The van der Waals surface area contributed by atoms with Gasteiger partial charge in [-0.25, -0.2) is 0 Å². The Morgan fingerprint density at radius 2 is 2.00 bits per heavy atom. The molecule has 1 aromatic carbocycles. The van der Waals surface area contributed by atoms with Crippen molar-refractivity contribution < 1.29 is 0 Å². The van der Waals surface area contributed by atoms with E-state index in [4.69, 9.17) is 0 Å². The summed E-state index contributed by atoms with van der Waals surface area (Å²) in [6.45, 7) is 1.03. The van der Waals surface area contributed by atoms with Gasteiger partial charge in [0.2, 0.25) is 0 Å². The Hall–Kier alpha value is -2.11. The zero-order valence-corrected chi connectivity index (χ0v) is 15.9. The molecule has 26 heavy (non-hydrogen) atoms. The number of hydrogen-bond acceptors (Lipinski definition) is 3. The first-order valence-corrected chi connectivity index (χ1v) is 10.4. The molecule has 2 N–H and O–H groups in total. The van der Waals surface area contributed by atoms with Crippen LogP contribution in [0.1, 0.15) is 37.7 Å². The molecule has 5 rings (SSSR count). The average Bonchev–Trinajstić information content (AvgIpc) is 3.37. The van der Waals surface area contributed by atoms with Crippen LogP contribution in [-0.2, 0) is 6.54 Å². The van der Waals surface area contributed by atoms with Crippen molar-refractivity contribution in [3.8, 4) is 11.4 Å². The Morgan fingerprint density at radius 1 is 1.12 bits per heavy atom. The largest absolute Gasteiger partial charge is 0.353 e. The van der Waals surface area contributed by atoms with E-state index in [2.05, 4.69) is 62.8 Å². The number of hydrogen-bond donors (Lipinski definition) is 2. The number of fused-ring (bicyclic) bond motifs is 2. The second-order valence-corrected chi connectivity index (χ2v) is 8.46. The van der Waals surface area contributed by atoms with Crippen LogP contribution >= 0.6 is 11.3 Å². The van der Waals surface area contributed by atoms with E-state index in [0.717, 1.165) is 29.5 Å². The molecule has 134 valence electrons. The van der Waals surface area contributed by atoms with Gasteiger partial charge in [-0.1, -0.05) is 25.3 Å². The van der Waals surface area contributed by atoms with Gasteiger partial charge in [-0.05, 0) is 55.1 Å². The molecule has 1 aliphatic rings. The fraction of sp³-hybridized carbons (Fsp3) is 0.381. The highest BCUT2D eigenvalue weighted by Gasteiger charge is 2.18. The maximum atomic E-state index is 4.50. The monoisotopic (exact) mass is 364 g/mol. The average molecular weight is 365 g/mol. The molecule has 0 amide bonds. The van der Waals surface area contributed by atoms with Crippen LogP contribution in [-0.4, -0.2) is 33.2 Å². The zero-order chi connectivity index (χ0) is 17.5. The minimum Gasteiger partial charge on any atom is -0.353 e. The third-order valence-electron chi connectivity index (χ3n) is 5.74. The molecule has 1 saturated carbocycles. The molecule has 4 nitrogen and oxygen atoms in total. The summed E-state index contributed by atoms with van der Waals surface area (Å²) in [5, 5.41) is 11.0. The molecule has 0 saturated heterocycles. The minimum atomic E-state index is 0.748. The summed E-state index contributed by atoms with van der Waals surface area (Å²) in [4.78, 5) is 6.07. The molecular formula is C21H24N4S. The summed E-state index contributed by atoms with van der Waals surface area (Å²) in [5.74, 6) is 0. The van der Waals surface area contributed by atoms with Gasteiger partial charge in [-0.15, -0.1) is 11.3 Å². The summed E-state index contributed by atoms with van der Waals surface area (Å²) in [6, 6.07) is 11.9. The van der Waals surface area contributed by atoms with Gasteiger partial charge in [0.15, 0.2) is 0 Å². The van der Waals surface area contributed by atoms with Crippen molar-refractivity contribution in [1.29, 1.82) is 0 Å². The van der Waals surface area contributed by atoms with Gasteiger partial charge in [0.05, 0.1) is 15.9 Å². The van der Waals surface area contributed by atoms with Crippen LogP contribution in [0.4, 0.5) is 0 Å². The Kier molecular flexibility index (Phi) is 4.06. The summed E-state index contributed by atoms with van der Waals surface area (Å²) >= 11 is 1.73. The Bertz CT molecular complexity index is 1030. The fourth-order valence-corrected chi connectivity index (χ4v) is 5.13. The van der Waals surface area contributed by atoms with Crippen LogP contribution in [0.5, 0.6) is 0 Å². The lowest BCUT2D eigenvalue weighted by molar-refractivity contribution is 0.184. The number of rotatable bonds is 4. The van der Waals surface area contributed by atoms with E-state index in [0.29, 0.717) is 0 Å². The van der Waals surface area contributed by atoms with E-state index in [9.17, 15) is 0 Å². The Morgan fingerprint density at radius 3 is 2.88 bits per heavy atom. The minimum absolute atomic E-state index is 0.748. The van der Waals surface area contributed by atoms with E-state index >= 15 is 0 Å². The molecule has 0 aliphatic heterocycles. The molecule has 0 spiro atoms. The molecule has 4 aromatic rings. The Labute approximate surface area is 157 Å². The van der Waals surface area contributed by atoms with Gasteiger partial charge in [0, 0.05) is 23.5 Å². The van der Waals surface area contributed by atoms with Crippen molar-refractivity contribution in [3.05, 3.63) is 41.3 Å². The van der Waals surface area contributed by atoms with Crippen molar-refractivity contribution in [3.63, 3.8) is 0 Å². The third-order valence-corrected chi connectivity index (χ3v) is 6.66. The van der Waals surface area contributed by atoms with Gasteiger partial charge >= 0.3 is 0 Å². The highest BCUT2D eigenvalue weighted by Crippen LogP contribution is 2.32. The molecule has 1 aliphatic carbocycles. The number of thiophene rings is 1. The number of aromatic amines is 2. The van der Waals surface area contributed by atoms with E-state index in [-0.39, 0.29) is 0 Å². The normalized spacial score (nSPS) is 16.2. The van der Waals surface area contributed by atoms with E-state index in [1.165, 1.54) is 53.3 Å². The van der Waals surface area contributed by atoms with Gasteiger partial charge < -0.3 is 4.98 Å². The van der Waals surface area contributed by atoms with Crippen molar-refractivity contribution in [1.82, 2.24) is 20.1 Å². The van der Waals surface area contributed by atoms with Crippen LogP contribution < -0.4 is 0 Å². The van der Waals surface area contributed by atoms with Crippen LogP contribution in [0.15, 0.2) is 35.7 Å². The van der Waals surface area contributed by atoms with Crippen LogP contribution in [0, 0.1) is 0 Å². The fourth-order valence-electron chi connectivity index (χ4n) is 4.28. The SMILES string of the molecule is CN(Cc1ccc2[nH]c(-c3n[nH]c4ccsc34)cc2c1)C1CCCCC1. The predicted molar refractivity (Wildman–Crippen MR) is 110 cm³/mol. The molecule has 1 fully saturated rings. The maximum Gasteiger partial charge on any atom is 0.126 e. The summed E-state index contributed by atoms with van der Waals surface area (Å²) < 4.78 is 1.22. The lowest BCUT2D eigenvalue weighted by Crippen LogP contribution is -2.32. The number of nitrogens with zero attached hydrogens (tertiary/aromatic N) is 2. The first kappa shape index (κ1) is 16.1. The molecule has 0 radical (unpaired) electrons. The molecule has 3 heterocycles. The molecule has 5 heteroatoms. The quantitative estimate of drug-likeness (QED) is 0.500. The zero-order valence-electron chi connectivity index (χ0n) is 15.1. The van der Waals surface area contributed by atoms with Crippen molar-refractivity contribution in [2.75, 3.05) is 7.05 Å². The van der Waals surface area contributed by atoms with Crippen LogP contribution in [0.25, 0.3) is 32.5 Å². The second-order valence-electron chi connectivity index (χ2n) is 7.55. The van der Waals surface area contributed by atoms with Gasteiger partial charge in [0.1, 0.15) is 5.69 Å². The topological polar surface area (TPSA) is 47.7 Å². The van der Waals surface area contributed by atoms with Crippen molar-refractivity contribution >= 4 is 32.5 Å². The van der Waals surface area contributed by atoms with E-state index < -0.39 is 0 Å². The lowest BCUT2D eigenvalue weighted by Gasteiger charge is -2.31.